The van der Waals surface area contributed by atoms with Gasteiger partial charge in [0, 0.05) is 29.9 Å². The number of rotatable bonds is 14. The van der Waals surface area contributed by atoms with Gasteiger partial charge in [-0.1, -0.05) is 48.5 Å². The van der Waals surface area contributed by atoms with Crippen LogP contribution in [0.4, 0.5) is 0 Å². The maximum absolute atomic E-state index is 13.0. The highest BCUT2D eigenvalue weighted by molar-refractivity contribution is 5.93. The summed E-state index contributed by atoms with van der Waals surface area (Å²) in [6, 6.07) is 12.8. The largest absolute Gasteiger partial charge is 0.481 e. The first-order valence-electron chi connectivity index (χ1n) is 12.3. The first-order chi connectivity index (χ1) is 18.6. The molecule has 206 valence electrons. The number of hydrogen-bond acceptors (Lipinski definition) is 6. The Hall–Kier alpha value is -4.71. The molecule has 39 heavy (non-hydrogen) atoms. The van der Waals surface area contributed by atoms with Crippen molar-refractivity contribution >= 4 is 40.6 Å². The summed E-state index contributed by atoms with van der Waals surface area (Å²) in [6.07, 6.45) is 1.13. The molecule has 3 rings (SSSR count). The summed E-state index contributed by atoms with van der Waals surface area (Å²) < 4.78 is 0. The van der Waals surface area contributed by atoms with Gasteiger partial charge in [-0.25, -0.2) is 4.79 Å². The van der Waals surface area contributed by atoms with Crippen molar-refractivity contribution in [2.24, 2.45) is 5.73 Å². The monoisotopic (exact) mass is 537 g/mol. The van der Waals surface area contributed by atoms with Crippen molar-refractivity contribution in [3.8, 4) is 0 Å². The van der Waals surface area contributed by atoms with E-state index in [4.69, 9.17) is 10.8 Å². The van der Waals surface area contributed by atoms with E-state index >= 15 is 0 Å². The second kappa shape index (κ2) is 13.7. The first kappa shape index (κ1) is 28.9. The molecule has 1 aromatic heterocycles. The molecule has 3 unspecified atom stereocenters. The third-order valence-corrected chi connectivity index (χ3v) is 6.07. The van der Waals surface area contributed by atoms with Crippen molar-refractivity contribution in [3.63, 3.8) is 0 Å². The zero-order valence-electron chi connectivity index (χ0n) is 21.1. The fourth-order valence-electron chi connectivity index (χ4n) is 4.03. The average molecular weight is 538 g/mol. The Balaban J connectivity index is 1.59. The van der Waals surface area contributed by atoms with Crippen molar-refractivity contribution in [1.29, 1.82) is 0 Å². The lowest BCUT2D eigenvalue weighted by molar-refractivity contribution is -0.143. The number of amides is 3. The smallest absolute Gasteiger partial charge is 0.326 e. The van der Waals surface area contributed by atoms with Gasteiger partial charge in [0.2, 0.25) is 17.7 Å². The zero-order chi connectivity index (χ0) is 28.4. The number of carbonyl (C=O) groups excluding carboxylic acids is 3. The lowest BCUT2D eigenvalue weighted by atomic mass is 10.0. The number of carboxylic acid groups (broad SMARTS) is 2. The minimum atomic E-state index is -1.34. The topological polar surface area (TPSA) is 204 Å². The molecule has 0 bridgehead atoms. The summed E-state index contributed by atoms with van der Waals surface area (Å²) in [5.41, 5.74) is 8.22. The highest BCUT2D eigenvalue weighted by Crippen LogP contribution is 2.19. The maximum atomic E-state index is 13.0. The van der Waals surface area contributed by atoms with E-state index in [9.17, 15) is 29.1 Å². The van der Waals surface area contributed by atoms with Crippen molar-refractivity contribution in [1.82, 2.24) is 20.9 Å². The minimum absolute atomic E-state index is 0.0416. The number of aliphatic carboxylic acids is 2. The Labute approximate surface area is 224 Å². The fourth-order valence-corrected chi connectivity index (χ4v) is 4.03. The van der Waals surface area contributed by atoms with Crippen LogP contribution in [0.3, 0.4) is 0 Å². The molecular formula is C27H31N5O7. The molecule has 0 radical (unpaired) electrons. The highest BCUT2D eigenvalue weighted by Gasteiger charge is 2.28. The van der Waals surface area contributed by atoms with Crippen LogP contribution in [-0.2, 0) is 36.8 Å². The Bertz CT molecular complexity index is 1320. The van der Waals surface area contributed by atoms with Crippen molar-refractivity contribution in [3.05, 3.63) is 71.9 Å². The highest BCUT2D eigenvalue weighted by atomic mass is 16.4. The van der Waals surface area contributed by atoms with Gasteiger partial charge in [-0.15, -0.1) is 0 Å². The lowest BCUT2D eigenvalue weighted by Gasteiger charge is -2.21. The van der Waals surface area contributed by atoms with E-state index in [1.54, 1.807) is 12.3 Å². The van der Waals surface area contributed by atoms with E-state index in [-0.39, 0.29) is 19.3 Å². The number of aromatic amines is 1. The standard InChI is InChI=1S/C27H31N5O7/c28-19(12-16-6-2-1-3-7-16)25(36)30-15-23(33)31-21(10-11-24(34)35)26(37)32-22(27(38)39)13-17-14-29-20-9-5-4-8-18(17)20/h1-9,14,19,21-22,29H,10-13,15,28H2,(H,30,36)(H,31,33)(H,32,37)(H,34,35)(H,38,39). The molecule has 12 heteroatoms. The van der Waals surface area contributed by atoms with Crippen LogP contribution in [0.5, 0.6) is 0 Å². The molecule has 0 aliphatic heterocycles. The van der Waals surface area contributed by atoms with Gasteiger partial charge >= 0.3 is 11.9 Å². The quantitative estimate of drug-likeness (QED) is 0.152. The van der Waals surface area contributed by atoms with Crippen LogP contribution in [0.2, 0.25) is 0 Å². The molecule has 8 N–H and O–H groups in total. The lowest BCUT2D eigenvalue weighted by Crippen LogP contribution is -2.54. The van der Waals surface area contributed by atoms with Gasteiger partial charge in [0.25, 0.3) is 0 Å². The van der Waals surface area contributed by atoms with Gasteiger partial charge in [-0.3, -0.25) is 19.2 Å². The Kier molecular flexibility index (Phi) is 10.2. The first-order valence-corrected chi connectivity index (χ1v) is 12.3. The number of aromatic nitrogens is 1. The third kappa shape index (κ3) is 8.68. The number of nitrogens with two attached hydrogens (primary N) is 1. The van der Waals surface area contributed by atoms with Crippen LogP contribution in [0.1, 0.15) is 24.0 Å². The van der Waals surface area contributed by atoms with Gasteiger partial charge in [0.1, 0.15) is 12.1 Å². The van der Waals surface area contributed by atoms with Gasteiger partial charge in [-0.2, -0.15) is 0 Å². The molecule has 1 heterocycles. The molecule has 0 aliphatic carbocycles. The van der Waals surface area contributed by atoms with E-state index < -0.39 is 60.8 Å². The summed E-state index contributed by atoms with van der Waals surface area (Å²) in [4.78, 5) is 63.8. The molecule has 0 aliphatic rings. The van der Waals surface area contributed by atoms with E-state index in [0.717, 1.165) is 16.5 Å². The van der Waals surface area contributed by atoms with E-state index in [1.807, 2.05) is 48.5 Å². The molecule has 2 aromatic carbocycles. The number of carbonyl (C=O) groups is 5. The number of nitrogens with one attached hydrogen (secondary N) is 4. The molecule has 3 atom stereocenters. The molecule has 0 spiro atoms. The van der Waals surface area contributed by atoms with Gasteiger partial charge in [0.05, 0.1) is 12.6 Å². The summed E-state index contributed by atoms with van der Waals surface area (Å²) in [6.45, 7) is -0.504. The number of fused-ring (bicyclic) bond motifs is 1. The van der Waals surface area contributed by atoms with Crippen molar-refractivity contribution in [2.45, 2.75) is 43.8 Å². The number of para-hydroxylation sites is 1. The predicted octanol–water partition coefficient (Wildman–Crippen LogP) is 0.316. The van der Waals surface area contributed by atoms with Crippen LogP contribution >= 0.6 is 0 Å². The summed E-state index contributed by atoms with van der Waals surface area (Å²) in [7, 11) is 0. The molecule has 3 aromatic rings. The SMILES string of the molecule is NC(Cc1ccccc1)C(=O)NCC(=O)NC(CCC(=O)O)C(=O)NC(Cc1c[nH]c2ccccc12)C(=O)O. The number of benzene rings is 2. The minimum Gasteiger partial charge on any atom is -0.481 e. The Morgan fingerprint density at radius 3 is 2.23 bits per heavy atom. The van der Waals surface area contributed by atoms with Crippen molar-refractivity contribution in [2.75, 3.05) is 6.54 Å². The second-order valence-corrected chi connectivity index (χ2v) is 9.03. The van der Waals surface area contributed by atoms with Gasteiger partial charge in [-0.05, 0) is 30.0 Å². The summed E-state index contributed by atoms with van der Waals surface area (Å²) >= 11 is 0. The predicted molar refractivity (Wildman–Crippen MR) is 142 cm³/mol. The Morgan fingerprint density at radius 1 is 0.846 bits per heavy atom. The average Bonchev–Trinajstić information content (AvgIpc) is 3.32. The Morgan fingerprint density at radius 2 is 1.54 bits per heavy atom. The van der Waals surface area contributed by atoms with Crippen LogP contribution in [0, 0.1) is 0 Å². The third-order valence-electron chi connectivity index (χ3n) is 6.07. The van der Waals surface area contributed by atoms with Gasteiger partial charge in [0.15, 0.2) is 0 Å². The number of H-pyrrole nitrogens is 1. The fraction of sp³-hybridized carbons (Fsp3) is 0.296. The van der Waals surface area contributed by atoms with Crippen LogP contribution in [-0.4, -0.2) is 69.5 Å². The summed E-state index contributed by atoms with van der Waals surface area (Å²) in [5, 5.41) is 26.7. The number of hydrogen-bond donors (Lipinski definition) is 7. The van der Waals surface area contributed by atoms with E-state index in [2.05, 4.69) is 20.9 Å². The van der Waals surface area contributed by atoms with Crippen LogP contribution in [0.25, 0.3) is 10.9 Å². The van der Waals surface area contributed by atoms with E-state index in [0.29, 0.717) is 5.56 Å². The molecule has 12 nitrogen and oxygen atoms in total. The number of carboxylic acids is 2. The molecule has 0 fully saturated rings. The van der Waals surface area contributed by atoms with Crippen LogP contribution in [0.15, 0.2) is 60.8 Å². The molecular weight excluding hydrogens is 506 g/mol. The normalized spacial score (nSPS) is 13.2. The summed E-state index contributed by atoms with van der Waals surface area (Å²) in [5.74, 6) is -4.69. The van der Waals surface area contributed by atoms with E-state index in [1.165, 1.54) is 0 Å². The molecule has 0 saturated carbocycles. The van der Waals surface area contributed by atoms with Crippen molar-refractivity contribution < 1.29 is 34.2 Å². The van der Waals surface area contributed by atoms with Gasteiger partial charge < -0.3 is 36.9 Å². The zero-order valence-corrected chi connectivity index (χ0v) is 21.1. The molecule has 0 saturated heterocycles. The molecule has 3 amide bonds. The maximum Gasteiger partial charge on any atom is 0.326 e. The second-order valence-electron chi connectivity index (χ2n) is 9.03. The van der Waals surface area contributed by atoms with Crippen LogP contribution < -0.4 is 21.7 Å².